The number of hydrogen-bond donors (Lipinski definition) is 0. The molecule has 50 heavy (non-hydrogen) atoms. The minimum absolute atomic E-state index is 0.0607. The molecule has 0 unspecified atom stereocenters. The number of amides is 2. The van der Waals surface area contributed by atoms with Crippen molar-refractivity contribution in [1.82, 2.24) is 24.6 Å². The number of anilines is 1. The predicted molar refractivity (Wildman–Crippen MR) is 191 cm³/mol. The van der Waals surface area contributed by atoms with Crippen LogP contribution in [0.5, 0.6) is 5.75 Å². The number of ether oxygens (including phenoxy) is 2. The molecular weight excluding hydrogens is 657 g/mol. The smallest absolute Gasteiger partial charge is 0.410 e. The molecule has 13 heteroatoms. The number of carbonyl (C=O) groups is 2. The molecule has 2 aliphatic carbocycles. The van der Waals surface area contributed by atoms with Crippen LogP contribution in [-0.2, 0) is 19.4 Å². The largest absolute Gasteiger partial charge is 0.495 e. The first kappa shape index (κ1) is 35.8. The quantitative estimate of drug-likeness (QED) is 0.250. The fourth-order valence-electron chi connectivity index (χ4n) is 7.44. The minimum Gasteiger partial charge on any atom is -0.495 e. The number of hydrogen-bond acceptors (Lipinski definition) is 9. The molecule has 3 aliphatic rings. The van der Waals surface area contributed by atoms with E-state index >= 15 is 0 Å². The molecule has 0 N–H and O–H groups in total. The molecule has 0 spiro atoms. The van der Waals surface area contributed by atoms with Crippen LogP contribution in [0.15, 0.2) is 42.9 Å². The first-order chi connectivity index (χ1) is 23.9. The van der Waals surface area contributed by atoms with Gasteiger partial charge in [0.2, 0.25) is 5.91 Å². The highest BCUT2D eigenvalue weighted by atomic mass is 32.2. The molecule has 4 heterocycles. The van der Waals surface area contributed by atoms with Gasteiger partial charge in [-0.25, -0.2) is 18.2 Å². The van der Waals surface area contributed by atoms with Crippen molar-refractivity contribution in [3.05, 3.63) is 54.2 Å². The van der Waals surface area contributed by atoms with Gasteiger partial charge in [0.05, 0.1) is 24.3 Å². The van der Waals surface area contributed by atoms with Crippen molar-refractivity contribution in [1.29, 1.82) is 0 Å². The van der Waals surface area contributed by atoms with Crippen LogP contribution >= 0.6 is 0 Å². The summed E-state index contributed by atoms with van der Waals surface area (Å²) in [5.41, 5.74) is 3.95. The van der Waals surface area contributed by atoms with Gasteiger partial charge in [0.25, 0.3) is 0 Å². The van der Waals surface area contributed by atoms with E-state index in [-0.39, 0.29) is 37.1 Å². The molecule has 2 saturated carbocycles. The Labute approximate surface area is 295 Å². The SMILES string of the molecule is COc1ccc(C2CCC(CN(C(=O)C3CCC(OC(=O)N4CC(S(C)(=O)=O)C4)CC3)c3cc(-c4cnn(C(C)C)c4)ccn3)CC2)nc1C. The van der Waals surface area contributed by atoms with Crippen molar-refractivity contribution in [2.75, 3.05) is 37.9 Å². The third-order valence-electron chi connectivity index (χ3n) is 10.7. The zero-order valence-electron chi connectivity index (χ0n) is 29.8. The molecule has 0 atom stereocenters. The summed E-state index contributed by atoms with van der Waals surface area (Å²) in [5, 5.41) is 3.99. The third kappa shape index (κ3) is 8.14. The first-order valence-electron chi connectivity index (χ1n) is 17.9. The number of likely N-dealkylation sites (tertiary alicyclic amines) is 1. The lowest BCUT2D eigenvalue weighted by molar-refractivity contribution is -0.124. The van der Waals surface area contributed by atoms with Crippen LogP contribution in [0.1, 0.15) is 88.6 Å². The first-order valence-corrected chi connectivity index (χ1v) is 19.8. The number of aryl methyl sites for hydroxylation is 1. The molecule has 12 nitrogen and oxygen atoms in total. The maximum Gasteiger partial charge on any atom is 0.410 e. The van der Waals surface area contributed by atoms with Gasteiger partial charge in [-0.1, -0.05) is 0 Å². The Morgan fingerprint density at radius 1 is 1.00 bits per heavy atom. The second-order valence-electron chi connectivity index (χ2n) is 14.6. The van der Waals surface area contributed by atoms with Crippen LogP contribution in [-0.4, -0.2) is 89.4 Å². The molecule has 1 aliphatic heterocycles. The molecule has 270 valence electrons. The van der Waals surface area contributed by atoms with Crippen LogP contribution in [0.3, 0.4) is 0 Å². The van der Waals surface area contributed by atoms with E-state index in [1.54, 1.807) is 13.3 Å². The summed E-state index contributed by atoms with van der Waals surface area (Å²) in [6, 6.07) is 8.27. The molecule has 6 rings (SSSR count). The highest BCUT2D eigenvalue weighted by molar-refractivity contribution is 7.91. The zero-order chi connectivity index (χ0) is 35.6. The maximum absolute atomic E-state index is 14.4. The minimum atomic E-state index is -3.17. The van der Waals surface area contributed by atoms with Gasteiger partial charge in [0.1, 0.15) is 17.7 Å². The number of nitrogens with zero attached hydrogens (tertiary/aromatic N) is 6. The second kappa shape index (κ2) is 15.1. The molecule has 0 bridgehead atoms. The molecular formula is C37H50N6O6S. The fraction of sp³-hybridized carbons (Fsp3) is 0.595. The summed E-state index contributed by atoms with van der Waals surface area (Å²) in [5.74, 6) is 2.00. The lowest BCUT2D eigenvalue weighted by atomic mass is 9.79. The Balaban J connectivity index is 1.13. The van der Waals surface area contributed by atoms with E-state index in [1.165, 1.54) is 11.2 Å². The highest BCUT2D eigenvalue weighted by Gasteiger charge is 2.40. The summed E-state index contributed by atoms with van der Waals surface area (Å²) in [6.45, 7) is 7.08. The van der Waals surface area contributed by atoms with Crippen LogP contribution in [0.2, 0.25) is 0 Å². The Kier molecular flexibility index (Phi) is 10.8. The zero-order valence-corrected chi connectivity index (χ0v) is 30.6. The second-order valence-corrected chi connectivity index (χ2v) is 16.9. The van der Waals surface area contributed by atoms with Gasteiger partial charge in [-0.15, -0.1) is 0 Å². The Bertz CT molecular complexity index is 1770. The van der Waals surface area contributed by atoms with E-state index in [0.717, 1.165) is 53.9 Å². The third-order valence-corrected chi connectivity index (χ3v) is 12.2. The summed E-state index contributed by atoms with van der Waals surface area (Å²) in [7, 11) is -1.51. The number of rotatable bonds is 10. The van der Waals surface area contributed by atoms with Crippen molar-refractivity contribution >= 4 is 27.7 Å². The standard InChI is InChI=1S/C37H50N6O6S/c1-24(2)43-21-30(19-39-43)29-16-17-38-35(18-29)42(20-26-6-8-27(9-7-26)33-14-15-34(48-4)25(3)40-33)36(44)28-10-12-31(13-11-28)49-37(45)41-22-32(23-41)50(5,46)47/h14-19,21,24,26-28,31-32H,6-13,20,22-23H2,1-5H3. The fourth-order valence-corrected chi connectivity index (χ4v) is 8.35. The molecule has 2 amide bonds. The van der Waals surface area contributed by atoms with Crippen LogP contribution in [0.4, 0.5) is 10.6 Å². The average Bonchev–Trinajstić information content (AvgIpc) is 3.57. The highest BCUT2D eigenvalue weighted by Crippen LogP contribution is 2.38. The van der Waals surface area contributed by atoms with Crippen molar-refractivity contribution in [3.63, 3.8) is 0 Å². The molecule has 1 saturated heterocycles. The maximum atomic E-state index is 14.4. The number of carbonyl (C=O) groups excluding carboxylic acids is 2. The van der Waals surface area contributed by atoms with Gasteiger partial charge in [0, 0.05) is 67.4 Å². The molecule has 0 aromatic carbocycles. The van der Waals surface area contributed by atoms with E-state index in [4.69, 9.17) is 19.4 Å². The van der Waals surface area contributed by atoms with E-state index in [0.29, 0.717) is 49.9 Å². The van der Waals surface area contributed by atoms with E-state index in [1.807, 2.05) is 47.1 Å². The Morgan fingerprint density at radius 2 is 1.72 bits per heavy atom. The summed E-state index contributed by atoms with van der Waals surface area (Å²) >= 11 is 0. The van der Waals surface area contributed by atoms with Crippen molar-refractivity contribution in [2.45, 2.75) is 95.5 Å². The lowest BCUT2D eigenvalue weighted by Gasteiger charge is -2.39. The summed E-state index contributed by atoms with van der Waals surface area (Å²) in [4.78, 5) is 39.9. The van der Waals surface area contributed by atoms with Crippen LogP contribution in [0.25, 0.3) is 11.1 Å². The van der Waals surface area contributed by atoms with Gasteiger partial charge in [0.15, 0.2) is 9.84 Å². The number of methoxy groups -OCH3 is 1. The monoisotopic (exact) mass is 706 g/mol. The molecule has 3 fully saturated rings. The van der Waals surface area contributed by atoms with Crippen molar-refractivity contribution in [2.24, 2.45) is 11.8 Å². The van der Waals surface area contributed by atoms with Crippen LogP contribution in [0, 0.1) is 18.8 Å². The predicted octanol–water partition coefficient (Wildman–Crippen LogP) is 5.97. The number of pyridine rings is 2. The topological polar surface area (TPSA) is 137 Å². The lowest BCUT2D eigenvalue weighted by Crippen LogP contribution is -2.57. The van der Waals surface area contributed by atoms with Crippen molar-refractivity contribution < 1.29 is 27.5 Å². The molecule has 3 aromatic heterocycles. The normalized spacial score (nSPS) is 23.0. The Morgan fingerprint density at radius 3 is 2.34 bits per heavy atom. The van der Waals surface area contributed by atoms with Gasteiger partial charge < -0.3 is 14.4 Å². The van der Waals surface area contributed by atoms with Gasteiger partial charge in [-0.3, -0.25) is 19.4 Å². The van der Waals surface area contributed by atoms with E-state index in [2.05, 4.69) is 25.0 Å². The Hall–Kier alpha value is -4.00. The van der Waals surface area contributed by atoms with Gasteiger partial charge in [-0.2, -0.15) is 5.10 Å². The van der Waals surface area contributed by atoms with Gasteiger partial charge in [-0.05, 0) is 108 Å². The average molecular weight is 707 g/mol. The van der Waals surface area contributed by atoms with Crippen molar-refractivity contribution in [3.8, 4) is 16.9 Å². The number of aromatic nitrogens is 4. The molecule has 0 radical (unpaired) electrons. The summed E-state index contributed by atoms with van der Waals surface area (Å²) in [6.07, 6.45) is 12.4. The molecule has 3 aromatic rings. The van der Waals surface area contributed by atoms with Gasteiger partial charge >= 0.3 is 6.09 Å². The van der Waals surface area contributed by atoms with Crippen LogP contribution < -0.4 is 9.64 Å². The van der Waals surface area contributed by atoms with E-state index < -0.39 is 21.2 Å². The van der Waals surface area contributed by atoms with E-state index in [9.17, 15) is 18.0 Å². The number of sulfone groups is 1. The summed E-state index contributed by atoms with van der Waals surface area (Å²) < 4.78 is 36.6.